The highest BCUT2D eigenvalue weighted by Crippen LogP contribution is 2.48. The zero-order valence-electron chi connectivity index (χ0n) is 16.8. The van der Waals surface area contributed by atoms with Gasteiger partial charge in [-0.05, 0) is 37.7 Å². The summed E-state index contributed by atoms with van der Waals surface area (Å²) in [6.07, 6.45) is 4.35. The van der Waals surface area contributed by atoms with E-state index in [1.54, 1.807) is 24.7 Å². The molecule has 0 amide bonds. The normalized spacial score (nSPS) is 15.1. The van der Waals surface area contributed by atoms with Crippen LogP contribution >= 0.6 is 0 Å². The summed E-state index contributed by atoms with van der Waals surface area (Å²) in [6.45, 7) is 8.21. The summed E-state index contributed by atoms with van der Waals surface area (Å²) in [7, 11) is 0. The number of nitrogens with two attached hydrogens (primary N) is 1. The molecule has 1 atom stereocenters. The maximum absolute atomic E-state index is 9.88. The smallest absolute Gasteiger partial charge is 0.306 e. The van der Waals surface area contributed by atoms with Gasteiger partial charge in [0.05, 0.1) is 18.7 Å². The Morgan fingerprint density at radius 2 is 2.07 bits per heavy atom. The predicted molar refractivity (Wildman–Crippen MR) is 109 cm³/mol. The van der Waals surface area contributed by atoms with E-state index in [2.05, 4.69) is 23.7 Å². The minimum absolute atomic E-state index is 0.140. The van der Waals surface area contributed by atoms with Gasteiger partial charge in [-0.3, -0.25) is 0 Å². The van der Waals surface area contributed by atoms with Crippen LogP contribution in [0.1, 0.15) is 43.1 Å². The number of hydrogen-bond donors (Lipinski definition) is 2. The van der Waals surface area contributed by atoms with E-state index < -0.39 is 0 Å². The standard InChI is InChI=1S/C22H26N4O3/c1-3-25(4-2)10-6-11-26-14-24-22-20(21(26)23)19(17-7-5-12-28-17)16-9-8-15(27)13-18(16)29-22/h5,7-9,12-14,19,23,27H,3-4,6,10-11H2,1-2H3/p+1/t19-/m0/s1. The molecule has 0 spiro atoms. The first-order chi connectivity index (χ1) is 14.1. The van der Waals surface area contributed by atoms with Crippen molar-refractivity contribution in [2.45, 2.75) is 32.7 Å². The first kappa shape index (κ1) is 19.3. The maximum Gasteiger partial charge on any atom is 0.306 e. The predicted octanol–water partition coefficient (Wildman–Crippen LogP) is 3.27. The van der Waals surface area contributed by atoms with E-state index in [4.69, 9.17) is 14.9 Å². The Morgan fingerprint density at radius 3 is 2.79 bits per heavy atom. The second-order valence-corrected chi connectivity index (χ2v) is 7.20. The Bertz CT molecular complexity index is 984. The van der Waals surface area contributed by atoms with Crippen LogP contribution in [0.3, 0.4) is 0 Å². The van der Waals surface area contributed by atoms with Gasteiger partial charge in [0.15, 0.2) is 0 Å². The molecule has 4 rings (SSSR count). The van der Waals surface area contributed by atoms with Gasteiger partial charge in [-0.2, -0.15) is 0 Å². The third-order valence-corrected chi connectivity index (χ3v) is 5.53. The minimum Gasteiger partial charge on any atom is -0.508 e. The molecule has 152 valence electrons. The lowest BCUT2D eigenvalue weighted by Gasteiger charge is -2.25. The number of ether oxygens (including phenoxy) is 1. The molecule has 1 aliphatic heterocycles. The first-order valence-corrected chi connectivity index (χ1v) is 10.1. The summed E-state index contributed by atoms with van der Waals surface area (Å²) < 4.78 is 13.7. The molecule has 3 heterocycles. The lowest BCUT2D eigenvalue weighted by molar-refractivity contribution is -0.686. The molecule has 7 heteroatoms. The zero-order chi connectivity index (χ0) is 20.4. The van der Waals surface area contributed by atoms with Gasteiger partial charge in [0.1, 0.15) is 22.8 Å². The number of phenolic OH excluding ortho intramolecular Hbond substituents is 1. The molecule has 3 aromatic rings. The highest BCUT2D eigenvalue weighted by molar-refractivity contribution is 5.60. The van der Waals surface area contributed by atoms with Crippen molar-refractivity contribution in [3.8, 4) is 17.4 Å². The van der Waals surface area contributed by atoms with Gasteiger partial charge in [-0.15, -0.1) is 0 Å². The molecule has 29 heavy (non-hydrogen) atoms. The van der Waals surface area contributed by atoms with Crippen LogP contribution in [0.15, 0.2) is 47.3 Å². The Labute approximate surface area is 170 Å². The zero-order valence-corrected chi connectivity index (χ0v) is 16.8. The number of phenols is 1. The average molecular weight is 395 g/mol. The van der Waals surface area contributed by atoms with Crippen LogP contribution in [0, 0.1) is 0 Å². The van der Waals surface area contributed by atoms with Crippen molar-refractivity contribution < 1.29 is 18.8 Å². The van der Waals surface area contributed by atoms with E-state index in [9.17, 15) is 5.11 Å². The van der Waals surface area contributed by atoms with Crippen molar-refractivity contribution in [2.24, 2.45) is 0 Å². The Morgan fingerprint density at radius 1 is 1.24 bits per heavy atom. The monoisotopic (exact) mass is 395 g/mol. The van der Waals surface area contributed by atoms with Gasteiger partial charge in [0.25, 0.3) is 0 Å². The number of aromatic nitrogens is 2. The molecular weight excluding hydrogens is 368 g/mol. The van der Waals surface area contributed by atoms with Crippen LogP contribution in [0.25, 0.3) is 0 Å². The number of nitrogen functional groups attached to an aromatic ring is 1. The van der Waals surface area contributed by atoms with Crippen molar-refractivity contribution in [1.82, 2.24) is 9.88 Å². The van der Waals surface area contributed by atoms with E-state index in [1.165, 1.54) is 0 Å². The molecule has 0 fully saturated rings. The fourth-order valence-corrected chi connectivity index (χ4v) is 3.91. The summed E-state index contributed by atoms with van der Waals surface area (Å²) in [4.78, 5) is 6.92. The molecule has 7 nitrogen and oxygen atoms in total. The first-order valence-electron chi connectivity index (χ1n) is 10.1. The van der Waals surface area contributed by atoms with Crippen molar-refractivity contribution in [2.75, 3.05) is 25.4 Å². The lowest BCUT2D eigenvalue weighted by atomic mass is 9.87. The van der Waals surface area contributed by atoms with Gasteiger partial charge >= 0.3 is 5.88 Å². The molecule has 2 aromatic heterocycles. The van der Waals surface area contributed by atoms with Crippen LogP contribution in [-0.4, -0.2) is 34.6 Å². The highest BCUT2D eigenvalue weighted by atomic mass is 16.5. The molecule has 1 aliphatic rings. The SMILES string of the molecule is CCN(CC)CCC[n+]1cnc2c(c1N)[C@H](c1ccco1)c1ccc(O)cc1O2. The molecule has 3 N–H and O–H groups in total. The van der Waals surface area contributed by atoms with Crippen molar-refractivity contribution >= 4 is 5.82 Å². The minimum atomic E-state index is -0.243. The van der Waals surface area contributed by atoms with E-state index in [0.717, 1.165) is 49.5 Å². The largest absolute Gasteiger partial charge is 0.508 e. The summed E-state index contributed by atoms with van der Waals surface area (Å²) >= 11 is 0. The number of nitrogens with zero attached hydrogens (tertiary/aromatic N) is 3. The Balaban J connectivity index is 1.71. The second-order valence-electron chi connectivity index (χ2n) is 7.20. The van der Waals surface area contributed by atoms with Gasteiger partial charge in [-0.1, -0.05) is 24.9 Å². The molecule has 0 unspecified atom stereocenters. The van der Waals surface area contributed by atoms with E-state index >= 15 is 0 Å². The van der Waals surface area contributed by atoms with Crippen LogP contribution in [0.2, 0.25) is 0 Å². The van der Waals surface area contributed by atoms with Crippen molar-refractivity contribution in [3.63, 3.8) is 0 Å². The Kier molecular flexibility index (Phi) is 5.40. The van der Waals surface area contributed by atoms with E-state index in [-0.39, 0.29) is 11.7 Å². The third kappa shape index (κ3) is 3.65. The fourth-order valence-electron chi connectivity index (χ4n) is 3.91. The number of furan rings is 1. The summed E-state index contributed by atoms with van der Waals surface area (Å²) in [6, 6.07) is 8.87. The molecule has 0 saturated heterocycles. The number of anilines is 1. The summed E-state index contributed by atoms with van der Waals surface area (Å²) in [5.41, 5.74) is 8.29. The van der Waals surface area contributed by atoms with E-state index in [1.807, 2.05) is 22.8 Å². The van der Waals surface area contributed by atoms with Crippen LogP contribution in [0.5, 0.6) is 17.4 Å². The molecular formula is C22H27N4O3+. The lowest BCUT2D eigenvalue weighted by Crippen LogP contribution is -2.41. The van der Waals surface area contributed by atoms with Crippen LogP contribution < -0.4 is 15.0 Å². The van der Waals surface area contributed by atoms with Crippen molar-refractivity contribution in [1.29, 1.82) is 0 Å². The van der Waals surface area contributed by atoms with Gasteiger partial charge in [0, 0.05) is 18.2 Å². The quantitative estimate of drug-likeness (QED) is 0.467. The molecule has 0 aliphatic carbocycles. The highest BCUT2D eigenvalue weighted by Gasteiger charge is 2.37. The van der Waals surface area contributed by atoms with Gasteiger partial charge in [-0.25, -0.2) is 4.57 Å². The number of benzene rings is 1. The summed E-state index contributed by atoms with van der Waals surface area (Å²) in [5.74, 6) is 2.28. The fraction of sp³-hybridized carbons (Fsp3) is 0.364. The van der Waals surface area contributed by atoms with Crippen LogP contribution in [-0.2, 0) is 6.54 Å². The Hall–Kier alpha value is -3.06. The number of aromatic hydroxyl groups is 1. The average Bonchev–Trinajstić information content (AvgIpc) is 3.25. The topological polar surface area (TPSA) is 88.6 Å². The third-order valence-electron chi connectivity index (χ3n) is 5.53. The van der Waals surface area contributed by atoms with E-state index in [0.29, 0.717) is 17.4 Å². The summed E-state index contributed by atoms with van der Waals surface area (Å²) in [5, 5.41) is 9.88. The number of fused-ring (bicyclic) bond motifs is 2. The number of rotatable bonds is 7. The molecule has 0 saturated carbocycles. The molecule has 1 aromatic carbocycles. The molecule has 0 bridgehead atoms. The second kappa shape index (κ2) is 8.13. The number of hydrogen-bond acceptors (Lipinski definition) is 6. The van der Waals surface area contributed by atoms with Gasteiger partial charge in [0.2, 0.25) is 12.1 Å². The number of aryl methyl sites for hydroxylation is 1. The van der Waals surface area contributed by atoms with Gasteiger partial charge < -0.3 is 24.9 Å². The van der Waals surface area contributed by atoms with Crippen LogP contribution in [0.4, 0.5) is 5.82 Å². The maximum atomic E-state index is 9.88. The van der Waals surface area contributed by atoms with Crippen molar-refractivity contribution in [3.05, 3.63) is 59.8 Å². The molecule has 0 radical (unpaired) electrons.